The fraction of sp³-hybridized carbons (Fsp3) is 0.444. The zero-order valence-corrected chi connectivity index (χ0v) is 8.74. The molecule has 2 unspecified atom stereocenters. The number of aliphatic imine (C=N–C) groups is 1. The van der Waals surface area contributed by atoms with Crippen molar-refractivity contribution >= 4 is 18.2 Å². The lowest BCUT2D eigenvalue weighted by Gasteiger charge is -2.40. The summed E-state index contributed by atoms with van der Waals surface area (Å²) in [5.74, 6) is 0. The average Bonchev–Trinajstić information content (AvgIpc) is 2.72. The topological polar surface area (TPSA) is 47.9 Å². The van der Waals surface area contributed by atoms with Crippen LogP contribution in [-0.2, 0) is 0 Å². The van der Waals surface area contributed by atoms with E-state index in [1.807, 2.05) is 28.3 Å². The number of nitrogens with zero attached hydrogens (tertiary/aromatic N) is 2. The molecule has 0 aromatic heterocycles. The number of hydrogen-bond acceptors (Lipinski definition) is 5. The van der Waals surface area contributed by atoms with Gasteiger partial charge in [-0.15, -0.1) is 4.41 Å². The monoisotopic (exact) mass is 211 g/mol. The third kappa shape index (κ3) is 1.47. The van der Waals surface area contributed by atoms with Crippen molar-refractivity contribution in [2.24, 2.45) is 4.99 Å². The molecule has 4 nitrogen and oxygen atoms in total. The fourth-order valence-electron chi connectivity index (χ4n) is 1.57. The number of rotatable bonds is 2. The molecular formula is C9H13N3OS. The van der Waals surface area contributed by atoms with Crippen LogP contribution in [0.25, 0.3) is 0 Å². The van der Waals surface area contributed by atoms with E-state index in [2.05, 4.69) is 10.4 Å². The molecule has 2 atom stereocenters. The predicted molar refractivity (Wildman–Crippen MR) is 58.4 cm³/mol. The van der Waals surface area contributed by atoms with E-state index in [0.29, 0.717) is 6.42 Å². The Morgan fingerprint density at radius 3 is 3.07 bits per heavy atom. The van der Waals surface area contributed by atoms with E-state index in [9.17, 15) is 5.11 Å². The Morgan fingerprint density at radius 2 is 2.57 bits per heavy atom. The number of aliphatic hydroxyl groups is 1. The maximum Gasteiger partial charge on any atom is 0.102 e. The van der Waals surface area contributed by atoms with E-state index >= 15 is 0 Å². The summed E-state index contributed by atoms with van der Waals surface area (Å²) in [5, 5.41) is 11.8. The number of hydrogen-bond donors (Lipinski definition) is 2. The first-order valence-electron chi connectivity index (χ1n) is 4.51. The van der Waals surface area contributed by atoms with Gasteiger partial charge >= 0.3 is 0 Å². The van der Waals surface area contributed by atoms with Gasteiger partial charge in [-0.2, -0.15) is 0 Å². The summed E-state index contributed by atoms with van der Waals surface area (Å²) in [7, 11) is 0. The van der Waals surface area contributed by atoms with E-state index in [1.165, 1.54) is 0 Å². The molecule has 0 bridgehead atoms. The first kappa shape index (κ1) is 9.76. The van der Waals surface area contributed by atoms with Gasteiger partial charge in [0.1, 0.15) is 5.54 Å². The van der Waals surface area contributed by atoms with Crippen molar-refractivity contribution in [1.29, 1.82) is 0 Å². The number of hydrazine groups is 1. The van der Waals surface area contributed by atoms with E-state index in [1.54, 1.807) is 25.1 Å². The van der Waals surface area contributed by atoms with Gasteiger partial charge in [-0.1, -0.05) is 0 Å². The second-order valence-electron chi connectivity index (χ2n) is 3.35. The Labute approximate surface area is 87.5 Å². The van der Waals surface area contributed by atoms with E-state index in [4.69, 9.17) is 0 Å². The van der Waals surface area contributed by atoms with Gasteiger partial charge in [-0.3, -0.25) is 4.99 Å². The highest BCUT2D eigenvalue weighted by Gasteiger charge is 2.40. The van der Waals surface area contributed by atoms with Gasteiger partial charge in [-0.25, -0.2) is 0 Å². The first-order chi connectivity index (χ1) is 6.76. The molecule has 0 saturated carbocycles. The molecule has 2 aliphatic heterocycles. The fourth-order valence-corrected chi connectivity index (χ4v) is 2.42. The van der Waals surface area contributed by atoms with Gasteiger partial charge in [0.05, 0.1) is 6.10 Å². The minimum atomic E-state index is -0.453. The van der Waals surface area contributed by atoms with E-state index in [0.717, 1.165) is 0 Å². The number of aliphatic hydroxyl groups excluding tert-OH is 1. The average molecular weight is 211 g/mol. The van der Waals surface area contributed by atoms with Crippen LogP contribution in [0.4, 0.5) is 0 Å². The molecule has 5 heteroatoms. The molecule has 14 heavy (non-hydrogen) atoms. The summed E-state index contributed by atoms with van der Waals surface area (Å²) in [6, 6.07) is 0. The van der Waals surface area contributed by atoms with Crippen LogP contribution >= 0.6 is 11.9 Å². The normalized spacial score (nSPS) is 33.3. The highest BCUT2D eigenvalue weighted by molar-refractivity contribution is 8.00. The van der Waals surface area contributed by atoms with Gasteiger partial charge in [0.25, 0.3) is 0 Å². The Bertz CT molecular complexity index is 292. The smallest absolute Gasteiger partial charge is 0.102 e. The minimum Gasteiger partial charge on any atom is -0.391 e. The minimum absolute atomic E-state index is 0.393. The third-order valence-corrected chi connectivity index (χ3v) is 3.41. The molecule has 2 heterocycles. The van der Waals surface area contributed by atoms with E-state index < -0.39 is 11.6 Å². The molecule has 0 saturated heterocycles. The molecule has 76 valence electrons. The lowest BCUT2D eigenvalue weighted by molar-refractivity contribution is 0.0525. The summed E-state index contributed by atoms with van der Waals surface area (Å²) < 4.78 is 1.94. The highest BCUT2D eigenvalue weighted by Crippen LogP contribution is 2.33. The molecule has 2 N–H and O–H groups in total. The molecule has 0 amide bonds. The summed E-state index contributed by atoms with van der Waals surface area (Å²) >= 11 is 1.54. The van der Waals surface area contributed by atoms with Crippen LogP contribution in [0.5, 0.6) is 0 Å². The quantitative estimate of drug-likeness (QED) is 0.670. The SMILES string of the molecule is CC(O)C1(N2NC=CS2)C=CN=CC1. The van der Waals surface area contributed by atoms with Gasteiger partial charge < -0.3 is 10.5 Å². The van der Waals surface area contributed by atoms with Gasteiger partial charge in [0.2, 0.25) is 0 Å². The van der Waals surface area contributed by atoms with Crippen LogP contribution in [-0.4, -0.2) is 27.4 Å². The summed E-state index contributed by atoms with van der Waals surface area (Å²) in [6.45, 7) is 1.80. The highest BCUT2D eigenvalue weighted by atomic mass is 32.2. The van der Waals surface area contributed by atoms with Crippen LogP contribution in [0.1, 0.15) is 13.3 Å². The zero-order chi connectivity index (χ0) is 10.0. The van der Waals surface area contributed by atoms with Crippen molar-refractivity contribution in [3.63, 3.8) is 0 Å². The van der Waals surface area contributed by atoms with E-state index in [-0.39, 0.29) is 0 Å². The molecule has 2 aliphatic rings. The van der Waals surface area contributed by atoms with Crippen LogP contribution in [0.2, 0.25) is 0 Å². The van der Waals surface area contributed by atoms with Crippen molar-refractivity contribution in [1.82, 2.24) is 9.84 Å². The Morgan fingerprint density at radius 1 is 1.71 bits per heavy atom. The molecule has 0 fully saturated rings. The van der Waals surface area contributed by atoms with Crippen LogP contribution in [0.3, 0.4) is 0 Å². The molecule has 0 radical (unpaired) electrons. The van der Waals surface area contributed by atoms with Crippen LogP contribution in [0, 0.1) is 0 Å². The van der Waals surface area contributed by atoms with Gasteiger partial charge in [0.15, 0.2) is 0 Å². The van der Waals surface area contributed by atoms with Gasteiger partial charge in [-0.05, 0) is 24.9 Å². The Balaban J connectivity index is 2.22. The Kier molecular flexibility index (Phi) is 2.62. The number of nitrogens with one attached hydrogen (secondary N) is 1. The Hall–Kier alpha value is -0.780. The molecule has 2 rings (SSSR count). The summed E-state index contributed by atoms with van der Waals surface area (Å²) in [4.78, 5) is 4.03. The van der Waals surface area contributed by atoms with Gasteiger partial charge in [0, 0.05) is 30.4 Å². The lowest BCUT2D eigenvalue weighted by atomic mass is 9.89. The third-order valence-electron chi connectivity index (χ3n) is 2.50. The lowest BCUT2D eigenvalue weighted by Crippen LogP contribution is -2.55. The molecular weight excluding hydrogens is 198 g/mol. The van der Waals surface area contributed by atoms with Crippen LogP contribution in [0.15, 0.2) is 28.9 Å². The van der Waals surface area contributed by atoms with Crippen molar-refractivity contribution in [3.8, 4) is 0 Å². The van der Waals surface area contributed by atoms with Crippen molar-refractivity contribution in [2.75, 3.05) is 0 Å². The van der Waals surface area contributed by atoms with Crippen molar-refractivity contribution < 1.29 is 5.11 Å². The second-order valence-corrected chi connectivity index (χ2v) is 4.20. The molecule has 0 aliphatic carbocycles. The predicted octanol–water partition coefficient (Wildman–Crippen LogP) is 1.03. The molecule has 0 aromatic carbocycles. The summed E-state index contributed by atoms with van der Waals surface area (Å²) in [6.07, 6.45) is 7.61. The van der Waals surface area contributed by atoms with Crippen molar-refractivity contribution in [2.45, 2.75) is 25.0 Å². The standard InChI is InChI=1S/C9H13N3OS/c1-8(13)9(2-4-10-5-3-9)12-11-6-7-14-12/h2,4-8,11,13H,3H2,1H3. The largest absolute Gasteiger partial charge is 0.391 e. The maximum absolute atomic E-state index is 9.85. The summed E-state index contributed by atoms with van der Waals surface area (Å²) in [5.41, 5.74) is 2.70. The maximum atomic E-state index is 9.85. The molecule has 0 aromatic rings. The molecule has 0 spiro atoms. The second kappa shape index (κ2) is 3.76. The zero-order valence-electron chi connectivity index (χ0n) is 7.92. The van der Waals surface area contributed by atoms with Crippen LogP contribution < -0.4 is 5.43 Å². The first-order valence-corrected chi connectivity index (χ1v) is 5.35. The van der Waals surface area contributed by atoms with Crippen molar-refractivity contribution in [3.05, 3.63) is 23.9 Å².